The van der Waals surface area contributed by atoms with Crippen molar-refractivity contribution < 1.29 is 19.1 Å². The fourth-order valence-electron chi connectivity index (χ4n) is 3.43. The van der Waals surface area contributed by atoms with Crippen molar-refractivity contribution in [2.45, 2.75) is 31.2 Å². The van der Waals surface area contributed by atoms with Crippen LogP contribution in [0.5, 0.6) is 0 Å². The van der Waals surface area contributed by atoms with Gasteiger partial charge in [0, 0.05) is 24.9 Å². The van der Waals surface area contributed by atoms with Gasteiger partial charge in [0.05, 0.1) is 12.6 Å². The van der Waals surface area contributed by atoms with Gasteiger partial charge in [0.15, 0.2) is 0 Å². The summed E-state index contributed by atoms with van der Waals surface area (Å²) in [4.78, 5) is 35.7. The number of benzene rings is 2. The summed E-state index contributed by atoms with van der Waals surface area (Å²) in [5.41, 5.74) is 1.91. The van der Waals surface area contributed by atoms with Crippen molar-refractivity contribution in [1.82, 2.24) is 10.6 Å². The van der Waals surface area contributed by atoms with Crippen LogP contribution in [-0.4, -0.2) is 31.4 Å². The van der Waals surface area contributed by atoms with Gasteiger partial charge in [-0.2, -0.15) is 0 Å². The second-order valence-corrected chi connectivity index (χ2v) is 6.95. The predicted molar refractivity (Wildman–Crippen MR) is 105 cm³/mol. The zero-order valence-electron chi connectivity index (χ0n) is 15.9. The number of hydrogen-bond acceptors (Lipinski definition) is 4. The highest BCUT2D eigenvalue weighted by atomic mass is 16.5. The van der Waals surface area contributed by atoms with Gasteiger partial charge in [0.2, 0.25) is 5.91 Å². The number of amides is 2. The van der Waals surface area contributed by atoms with Crippen LogP contribution in [0.2, 0.25) is 0 Å². The van der Waals surface area contributed by atoms with E-state index in [1.54, 1.807) is 12.1 Å². The zero-order valence-corrected chi connectivity index (χ0v) is 15.9. The van der Waals surface area contributed by atoms with E-state index < -0.39 is 5.54 Å². The Labute approximate surface area is 164 Å². The maximum absolute atomic E-state index is 12.6. The van der Waals surface area contributed by atoms with Crippen LogP contribution < -0.4 is 10.6 Å². The molecule has 1 heterocycles. The van der Waals surface area contributed by atoms with Crippen molar-refractivity contribution in [3.8, 4) is 0 Å². The lowest BCUT2D eigenvalue weighted by atomic mass is 9.88. The third kappa shape index (κ3) is 4.57. The highest BCUT2D eigenvalue weighted by Crippen LogP contribution is 2.30. The normalized spacial score (nSPS) is 18.4. The molecule has 1 atom stereocenters. The van der Waals surface area contributed by atoms with Crippen molar-refractivity contribution in [2.24, 2.45) is 0 Å². The van der Waals surface area contributed by atoms with Crippen LogP contribution in [0.4, 0.5) is 0 Å². The lowest BCUT2D eigenvalue weighted by Gasteiger charge is -2.30. The van der Waals surface area contributed by atoms with Crippen LogP contribution in [0.15, 0.2) is 54.6 Å². The standard InChI is InChI=1S/C22H24N2O4/c1-28-20(26)12-9-16-7-10-17(11-8-16)21(27)23-15-22(14-13-19(25)24-22)18-5-3-2-4-6-18/h2-8,10-11H,9,12-15H2,1H3,(H,23,27)(H,24,25). The van der Waals surface area contributed by atoms with Crippen molar-refractivity contribution in [2.75, 3.05) is 13.7 Å². The topological polar surface area (TPSA) is 84.5 Å². The maximum Gasteiger partial charge on any atom is 0.305 e. The number of esters is 1. The minimum Gasteiger partial charge on any atom is -0.469 e. The van der Waals surface area contributed by atoms with E-state index in [9.17, 15) is 14.4 Å². The van der Waals surface area contributed by atoms with Crippen LogP contribution in [-0.2, 0) is 26.3 Å². The first kappa shape index (κ1) is 19.6. The summed E-state index contributed by atoms with van der Waals surface area (Å²) < 4.78 is 4.64. The van der Waals surface area contributed by atoms with E-state index in [0.29, 0.717) is 37.8 Å². The first-order chi connectivity index (χ1) is 13.5. The highest BCUT2D eigenvalue weighted by Gasteiger charge is 2.39. The van der Waals surface area contributed by atoms with E-state index in [4.69, 9.17) is 0 Å². The van der Waals surface area contributed by atoms with Crippen LogP contribution in [0.1, 0.15) is 40.7 Å². The molecule has 1 saturated heterocycles. The molecular weight excluding hydrogens is 356 g/mol. The summed E-state index contributed by atoms with van der Waals surface area (Å²) in [6.45, 7) is 0.325. The molecule has 28 heavy (non-hydrogen) atoms. The van der Waals surface area contributed by atoms with Gasteiger partial charge in [-0.15, -0.1) is 0 Å². The van der Waals surface area contributed by atoms with Gasteiger partial charge in [0.1, 0.15) is 0 Å². The lowest BCUT2D eigenvalue weighted by molar-refractivity contribution is -0.140. The van der Waals surface area contributed by atoms with Crippen LogP contribution in [0.25, 0.3) is 0 Å². The summed E-state index contributed by atoms with van der Waals surface area (Å²) in [6.07, 6.45) is 1.96. The molecule has 146 valence electrons. The molecule has 0 saturated carbocycles. The Kier molecular flexibility index (Phi) is 6.09. The molecule has 6 heteroatoms. The third-order valence-corrected chi connectivity index (χ3v) is 5.10. The number of aryl methyl sites for hydroxylation is 1. The first-order valence-corrected chi connectivity index (χ1v) is 9.33. The molecule has 2 aromatic carbocycles. The second kappa shape index (κ2) is 8.69. The van der Waals surface area contributed by atoms with E-state index in [1.807, 2.05) is 42.5 Å². The van der Waals surface area contributed by atoms with Gasteiger partial charge in [0.25, 0.3) is 5.91 Å². The van der Waals surface area contributed by atoms with Crippen LogP contribution >= 0.6 is 0 Å². The number of carbonyl (C=O) groups is 3. The molecule has 1 aliphatic rings. The first-order valence-electron chi connectivity index (χ1n) is 9.33. The molecular formula is C22H24N2O4. The second-order valence-electron chi connectivity index (χ2n) is 6.95. The number of rotatable bonds is 7. The van der Waals surface area contributed by atoms with E-state index in [1.165, 1.54) is 7.11 Å². The molecule has 2 N–H and O–H groups in total. The van der Waals surface area contributed by atoms with E-state index in [2.05, 4.69) is 15.4 Å². The largest absolute Gasteiger partial charge is 0.469 e. The van der Waals surface area contributed by atoms with Gasteiger partial charge in [-0.05, 0) is 36.1 Å². The molecule has 6 nitrogen and oxygen atoms in total. The van der Waals surface area contributed by atoms with Gasteiger partial charge in [-0.25, -0.2) is 0 Å². The van der Waals surface area contributed by atoms with Crippen LogP contribution in [0.3, 0.4) is 0 Å². The predicted octanol–water partition coefficient (Wildman–Crippen LogP) is 2.33. The average Bonchev–Trinajstić information content (AvgIpc) is 3.13. The Morgan fingerprint density at radius 1 is 1.11 bits per heavy atom. The Hall–Kier alpha value is -3.15. The monoisotopic (exact) mass is 380 g/mol. The van der Waals surface area contributed by atoms with Crippen molar-refractivity contribution >= 4 is 17.8 Å². The molecule has 0 bridgehead atoms. The molecule has 2 aromatic rings. The van der Waals surface area contributed by atoms with Crippen molar-refractivity contribution in [1.29, 1.82) is 0 Å². The van der Waals surface area contributed by atoms with Crippen molar-refractivity contribution in [3.63, 3.8) is 0 Å². The minimum atomic E-state index is -0.575. The van der Waals surface area contributed by atoms with E-state index >= 15 is 0 Å². The average molecular weight is 380 g/mol. The number of nitrogens with one attached hydrogen (secondary N) is 2. The van der Waals surface area contributed by atoms with Crippen molar-refractivity contribution in [3.05, 3.63) is 71.3 Å². The molecule has 3 rings (SSSR count). The Morgan fingerprint density at radius 3 is 2.43 bits per heavy atom. The summed E-state index contributed by atoms with van der Waals surface area (Å²) in [5.74, 6) is -0.462. The lowest BCUT2D eigenvalue weighted by Crippen LogP contribution is -2.48. The highest BCUT2D eigenvalue weighted by molar-refractivity contribution is 5.94. The summed E-state index contributed by atoms with van der Waals surface area (Å²) >= 11 is 0. The Morgan fingerprint density at radius 2 is 1.82 bits per heavy atom. The quantitative estimate of drug-likeness (QED) is 0.722. The Bertz CT molecular complexity index is 849. The SMILES string of the molecule is COC(=O)CCc1ccc(C(=O)NCC2(c3ccccc3)CCC(=O)N2)cc1. The molecule has 2 amide bonds. The minimum absolute atomic E-state index is 0.00643. The van der Waals surface area contributed by atoms with Gasteiger partial charge in [-0.3, -0.25) is 14.4 Å². The number of hydrogen-bond donors (Lipinski definition) is 2. The van der Waals surface area contributed by atoms with Gasteiger partial charge in [-0.1, -0.05) is 42.5 Å². The number of carbonyl (C=O) groups excluding carboxylic acids is 3. The summed E-state index contributed by atoms with van der Waals surface area (Å²) in [5, 5.41) is 5.99. The number of ether oxygens (including phenoxy) is 1. The fourth-order valence-corrected chi connectivity index (χ4v) is 3.43. The molecule has 1 unspecified atom stereocenters. The molecule has 0 aliphatic carbocycles. The Balaban J connectivity index is 1.64. The van der Waals surface area contributed by atoms with Crippen LogP contribution in [0, 0.1) is 0 Å². The molecule has 0 radical (unpaired) electrons. The number of methoxy groups -OCH3 is 1. The van der Waals surface area contributed by atoms with E-state index in [-0.39, 0.29) is 17.8 Å². The molecule has 0 aromatic heterocycles. The molecule has 0 spiro atoms. The fraction of sp³-hybridized carbons (Fsp3) is 0.318. The summed E-state index contributed by atoms with van der Waals surface area (Å²) in [7, 11) is 1.37. The smallest absolute Gasteiger partial charge is 0.305 e. The van der Waals surface area contributed by atoms with E-state index in [0.717, 1.165) is 11.1 Å². The van der Waals surface area contributed by atoms with Gasteiger partial charge >= 0.3 is 5.97 Å². The van der Waals surface area contributed by atoms with Gasteiger partial charge < -0.3 is 15.4 Å². The molecule has 1 aliphatic heterocycles. The molecule has 1 fully saturated rings. The summed E-state index contributed by atoms with van der Waals surface area (Å²) in [6, 6.07) is 16.9. The third-order valence-electron chi connectivity index (χ3n) is 5.10. The maximum atomic E-state index is 12.6. The zero-order chi connectivity index (χ0) is 20.0.